The number of thiocarbonyl (C=S) groups is 1. The Hall–Kier alpha value is -3.03. The number of anilines is 1. The van der Waals surface area contributed by atoms with Crippen molar-refractivity contribution in [1.82, 2.24) is 14.9 Å². The Labute approximate surface area is 212 Å². The van der Waals surface area contributed by atoms with Gasteiger partial charge in [0, 0.05) is 33.4 Å². The van der Waals surface area contributed by atoms with Gasteiger partial charge in [-0.05, 0) is 105 Å². The van der Waals surface area contributed by atoms with E-state index in [-0.39, 0.29) is 17.9 Å². The highest BCUT2D eigenvalue weighted by molar-refractivity contribution is 9.10. The van der Waals surface area contributed by atoms with Crippen molar-refractivity contribution in [2.75, 3.05) is 4.90 Å². The Kier molecular flexibility index (Phi) is 6.00. The molecule has 4 nitrogen and oxygen atoms in total. The maximum absolute atomic E-state index is 13.6. The van der Waals surface area contributed by atoms with Crippen LogP contribution in [-0.2, 0) is 0 Å². The van der Waals surface area contributed by atoms with Gasteiger partial charge in [-0.3, -0.25) is 4.98 Å². The van der Waals surface area contributed by atoms with E-state index in [9.17, 15) is 4.39 Å². The minimum absolute atomic E-state index is 0.108. The molecule has 1 fully saturated rings. The molecule has 0 aliphatic carbocycles. The SMILES string of the molecule is Cc1cc(N2C(=S)NC(c3ccccn3)C2c2cc(C)n(-c3ccc(F)cc3)c2C)ccc1Br. The van der Waals surface area contributed by atoms with Gasteiger partial charge in [0.15, 0.2) is 5.11 Å². The second-order valence-electron chi connectivity index (χ2n) is 8.57. The lowest BCUT2D eigenvalue weighted by molar-refractivity contribution is 0.565. The van der Waals surface area contributed by atoms with Crippen LogP contribution in [0.3, 0.4) is 0 Å². The first-order valence-corrected chi connectivity index (χ1v) is 12.3. The standard InChI is InChI=1S/C27H24BrFN4S/c1-16-14-21(11-12-23(16)28)33-26(25(31-27(33)34)24-6-4-5-13-30-24)22-15-17(2)32(18(22)3)20-9-7-19(29)8-10-20/h4-15,25-26H,1-3H3,(H,31,34). The highest BCUT2D eigenvalue weighted by atomic mass is 79.9. The predicted octanol–water partition coefficient (Wildman–Crippen LogP) is 6.88. The summed E-state index contributed by atoms with van der Waals surface area (Å²) in [5.74, 6) is -0.247. The van der Waals surface area contributed by atoms with Crippen molar-refractivity contribution in [3.05, 3.63) is 111 Å². The van der Waals surface area contributed by atoms with E-state index in [1.165, 1.54) is 12.1 Å². The molecule has 0 saturated carbocycles. The minimum Gasteiger partial charge on any atom is -0.351 e. The third-order valence-corrected chi connectivity index (χ3v) is 7.60. The molecule has 0 amide bonds. The van der Waals surface area contributed by atoms with Crippen LogP contribution >= 0.6 is 28.1 Å². The molecule has 172 valence electrons. The summed E-state index contributed by atoms with van der Waals surface area (Å²) in [6.45, 7) is 6.25. The van der Waals surface area contributed by atoms with Crippen molar-refractivity contribution in [2.45, 2.75) is 32.9 Å². The number of aryl methyl sites for hydroxylation is 2. The number of pyridine rings is 1. The van der Waals surface area contributed by atoms with Gasteiger partial charge in [-0.2, -0.15) is 0 Å². The molecule has 1 saturated heterocycles. The Morgan fingerprint density at radius 3 is 2.38 bits per heavy atom. The lowest BCUT2D eigenvalue weighted by atomic mass is 9.96. The predicted molar refractivity (Wildman–Crippen MR) is 142 cm³/mol. The summed E-state index contributed by atoms with van der Waals surface area (Å²) < 4.78 is 16.8. The van der Waals surface area contributed by atoms with Gasteiger partial charge < -0.3 is 14.8 Å². The summed E-state index contributed by atoms with van der Waals surface area (Å²) in [7, 11) is 0. The topological polar surface area (TPSA) is 33.1 Å². The van der Waals surface area contributed by atoms with Crippen LogP contribution in [0.1, 0.15) is 40.3 Å². The average Bonchev–Trinajstić information content (AvgIpc) is 3.32. The molecule has 0 bridgehead atoms. The Morgan fingerprint density at radius 1 is 0.971 bits per heavy atom. The normalized spacial score (nSPS) is 17.8. The zero-order chi connectivity index (χ0) is 24.0. The second kappa shape index (κ2) is 8.96. The molecule has 0 radical (unpaired) electrons. The zero-order valence-electron chi connectivity index (χ0n) is 19.1. The van der Waals surface area contributed by atoms with Crippen molar-refractivity contribution in [2.24, 2.45) is 0 Å². The first kappa shape index (κ1) is 22.7. The van der Waals surface area contributed by atoms with Crippen LogP contribution in [0, 0.1) is 26.6 Å². The number of nitrogens with one attached hydrogen (secondary N) is 1. The number of rotatable bonds is 4. The van der Waals surface area contributed by atoms with Crippen LogP contribution in [0.25, 0.3) is 5.69 Å². The second-order valence-corrected chi connectivity index (χ2v) is 9.81. The minimum atomic E-state index is -0.247. The fourth-order valence-corrected chi connectivity index (χ4v) is 5.39. The number of halogens is 2. The third-order valence-electron chi connectivity index (χ3n) is 6.39. The summed E-state index contributed by atoms with van der Waals surface area (Å²) >= 11 is 9.48. The van der Waals surface area contributed by atoms with Gasteiger partial charge in [-0.1, -0.05) is 22.0 Å². The molecular weight excluding hydrogens is 511 g/mol. The average molecular weight is 535 g/mol. The molecule has 3 heterocycles. The molecule has 1 N–H and O–H groups in total. The lowest BCUT2D eigenvalue weighted by Gasteiger charge is -2.28. The Balaban J connectivity index is 1.68. The highest BCUT2D eigenvalue weighted by Gasteiger charge is 2.42. The monoisotopic (exact) mass is 534 g/mol. The van der Waals surface area contributed by atoms with Crippen molar-refractivity contribution in [3.63, 3.8) is 0 Å². The van der Waals surface area contributed by atoms with Crippen molar-refractivity contribution < 1.29 is 4.39 Å². The molecule has 2 aromatic carbocycles. The van der Waals surface area contributed by atoms with Crippen LogP contribution < -0.4 is 10.2 Å². The van der Waals surface area contributed by atoms with Crippen molar-refractivity contribution in [3.8, 4) is 5.69 Å². The zero-order valence-corrected chi connectivity index (χ0v) is 21.5. The fraction of sp³-hybridized carbons (Fsp3) is 0.185. The van der Waals surface area contributed by atoms with Crippen molar-refractivity contribution >= 4 is 38.9 Å². The van der Waals surface area contributed by atoms with E-state index in [0.29, 0.717) is 5.11 Å². The molecule has 2 unspecified atom stereocenters. The number of hydrogen-bond acceptors (Lipinski definition) is 2. The molecule has 5 rings (SSSR count). The molecular formula is C27H24BrFN4S. The molecule has 34 heavy (non-hydrogen) atoms. The van der Waals surface area contributed by atoms with E-state index in [2.05, 4.69) is 80.7 Å². The van der Waals surface area contributed by atoms with E-state index >= 15 is 0 Å². The quantitative estimate of drug-likeness (QED) is 0.289. The van der Waals surface area contributed by atoms with Crippen LogP contribution in [0.2, 0.25) is 0 Å². The van der Waals surface area contributed by atoms with Gasteiger partial charge in [0.05, 0.1) is 17.8 Å². The van der Waals surface area contributed by atoms with E-state index < -0.39 is 0 Å². The molecule has 1 aliphatic heterocycles. The number of hydrogen-bond donors (Lipinski definition) is 1. The largest absolute Gasteiger partial charge is 0.351 e. The van der Waals surface area contributed by atoms with E-state index in [4.69, 9.17) is 12.2 Å². The number of benzene rings is 2. The molecule has 7 heteroatoms. The summed E-state index contributed by atoms with van der Waals surface area (Å²) in [6.07, 6.45) is 1.81. The van der Waals surface area contributed by atoms with E-state index in [1.807, 2.05) is 36.5 Å². The summed E-state index contributed by atoms with van der Waals surface area (Å²) in [4.78, 5) is 6.84. The fourth-order valence-electron chi connectivity index (χ4n) is 4.80. The van der Waals surface area contributed by atoms with Gasteiger partial charge in [0.2, 0.25) is 0 Å². The molecule has 0 spiro atoms. The van der Waals surface area contributed by atoms with Crippen LogP contribution in [0.5, 0.6) is 0 Å². The van der Waals surface area contributed by atoms with E-state index in [1.54, 1.807) is 0 Å². The Bertz CT molecular complexity index is 1370. The number of aromatic nitrogens is 2. The summed E-state index contributed by atoms with van der Waals surface area (Å²) in [6, 6.07) is 20.8. The van der Waals surface area contributed by atoms with Crippen LogP contribution in [-0.4, -0.2) is 14.7 Å². The smallest absolute Gasteiger partial charge is 0.174 e. The summed E-state index contributed by atoms with van der Waals surface area (Å²) in [5, 5.41) is 4.19. The summed E-state index contributed by atoms with van der Waals surface area (Å²) in [5.41, 5.74) is 7.31. The molecule has 4 aromatic rings. The molecule has 1 aliphatic rings. The van der Waals surface area contributed by atoms with Gasteiger partial charge in [0.1, 0.15) is 5.82 Å². The van der Waals surface area contributed by atoms with Crippen LogP contribution in [0.4, 0.5) is 10.1 Å². The first-order valence-electron chi connectivity index (χ1n) is 11.1. The van der Waals surface area contributed by atoms with E-state index in [0.717, 1.165) is 44.1 Å². The highest BCUT2D eigenvalue weighted by Crippen LogP contribution is 2.44. The number of nitrogens with zero attached hydrogens (tertiary/aromatic N) is 3. The molecule has 2 atom stereocenters. The van der Waals surface area contributed by atoms with Gasteiger partial charge >= 0.3 is 0 Å². The van der Waals surface area contributed by atoms with Gasteiger partial charge in [-0.15, -0.1) is 0 Å². The van der Waals surface area contributed by atoms with Crippen molar-refractivity contribution in [1.29, 1.82) is 0 Å². The maximum Gasteiger partial charge on any atom is 0.174 e. The third kappa shape index (κ3) is 3.93. The molecule has 2 aromatic heterocycles. The van der Waals surface area contributed by atoms with Gasteiger partial charge in [-0.25, -0.2) is 4.39 Å². The van der Waals surface area contributed by atoms with Gasteiger partial charge in [0.25, 0.3) is 0 Å². The lowest BCUT2D eigenvalue weighted by Crippen LogP contribution is -2.29. The van der Waals surface area contributed by atoms with Crippen LogP contribution in [0.15, 0.2) is 77.4 Å². The maximum atomic E-state index is 13.6. The first-order chi connectivity index (χ1) is 16.3. The Morgan fingerprint density at radius 2 is 1.71 bits per heavy atom.